The summed E-state index contributed by atoms with van der Waals surface area (Å²) in [6.45, 7) is 3.79. The Balaban J connectivity index is 1.82. The molecule has 4 heteroatoms. The zero-order chi connectivity index (χ0) is 13.9. The highest BCUT2D eigenvalue weighted by atomic mass is 19.1. The highest BCUT2D eigenvalue weighted by Crippen LogP contribution is 2.28. The predicted molar refractivity (Wildman–Crippen MR) is 75.8 cm³/mol. The van der Waals surface area contributed by atoms with Crippen LogP contribution in [0.1, 0.15) is 31.7 Å². The van der Waals surface area contributed by atoms with E-state index in [1.807, 2.05) is 13.0 Å². The van der Waals surface area contributed by atoms with E-state index in [2.05, 4.69) is 4.90 Å². The number of halogens is 1. The molecule has 1 heterocycles. The molecule has 0 spiro atoms. The summed E-state index contributed by atoms with van der Waals surface area (Å²) in [5.74, 6) is -0.166. The van der Waals surface area contributed by atoms with Gasteiger partial charge >= 0.3 is 0 Å². The fourth-order valence-electron chi connectivity index (χ4n) is 2.56. The van der Waals surface area contributed by atoms with Crippen LogP contribution in [0.3, 0.4) is 0 Å². The van der Waals surface area contributed by atoms with Crippen LogP contribution in [0.4, 0.5) is 10.1 Å². The van der Waals surface area contributed by atoms with E-state index in [4.69, 9.17) is 10.8 Å². The summed E-state index contributed by atoms with van der Waals surface area (Å²) in [4.78, 5) is 2.24. The molecule has 0 radical (unpaired) electrons. The molecule has 1 aliphatic rings. The Morgan fingerprint density at radius 3 is 2.95 bits per heavy atom. The minimum atomic E-state index is -0.477. The molecule has 0 amide bonds. The maximum absolute atomic E-state index is 13.3. The molecule has 2 rings (SSSR count). The zero-order valence-electron chi connectivity index (χ0n) is 11.5. The van der Waals surface area contributed by atoms with Gasteiger partial charge in [-0.2, -0.15) is 0 Å². The van der Waals surface area contributed by atoms with E-state index < -0.39 is 5.54 Å². The van der Waals surface area contributed by atoms with Crippen LogP contribution in [0.2, 0.25) is 0 Å². The van der Waals surface area contributed by atoms with Crippen LogP contribution in [0, 0.1) is 5.82 Å². The summed E-state index contributed by atoms with van der Waals surface area (Å²) >= 11 is 0. The van der Waals surface area contributed by atoms with E-state index in [1.165, 1.54) is 11.6 Å². The molecule has 0 saturated heterocycles. The van der Waals surface area contributed by atoms with Crippen molar-refractivity contribution in [1.29, 1.82) is 0 Å². The Labute approximate surface area is 114 Å². The quantitative estimate of drug-likeness (QED) is 0.775. The van der Waals surface area contributed by atoms with Crippen LogP contribution >= 0.6 is 0 Å². The van der Waals surface area contributed by atoms with E-state index >= 15 is 0 Å². The lowest BCUT2D eigenvalue weighted by Crippen LogP contribution is -2.40. The molecule has 0 aliphatic carbocycles. The van der Waals surface area contributed by atoms with Gasteiger partial charge in [0.2, 0.25) is 0 Å². The van der Waals surface area contributed by atoms with Gasteiger partial charge in [0.15, 0.2) is 0 Å². The fourth-order valence-corrected chi connectivity index (χ4v) is 2.56. The maximum Gasteiger partial charge on any atom is 0.125 e. The standard InChI is InChI=1S/C15H23FN2O/c1-15(17,11-19)7-2-3-8-18-9-6-12-4-5-13(16)10-14(12)18/h4-5,10,19H,2-3,6-9,11,17H2,1H3. The number of hydrogen-bond donors (Lipinski definition) is 2. The number of nitrogens with zero attached hydrogens (tertiary/aromatic N) is 1. The number of aliphatic hydroxyl groups excluding tert-OH is 1. The molecule has 1 aromatic rings. The van der Waals surface area contributed by atoms with E-state index in [9.17, 15) is 4.39 Å². The third kappa shape index (κ3) is 3.67. The van der Waals surface area contributed by atoms with E-state index in [0.717, 1.165) is 44.5 Å². The molecule has 0 fully saturated rings. The van der Waals surface area contributed by atoms with Crippen molar-refractivity contribution in [3.8, 4) is 0 Å². The Morgan fingerprint density at radius 1 is 1.42 bits per heavy atom. The van der Waals surface area contributed by atoms with Gasteiger partial charge in [-0.25, -0.2) is 4.39 Å². The second-order valence-corrected chi connectivity index (χ2v) is 5.78. The first-order chi connectivity index (χ1) is 9.02. The van der Waals surface area contributed by atoms with Crippen molar-refractivity contribution < 1.29 is 9.50 Å². The van der Waals surface area contributed by atoms with Gasteiger partial charge < -0.3 is 15.7 Å². The summed E-state index contributed by atoms with van der Waals surface area (Å²) in [5, 5.41) is 9.09. The Morgan fingerprint density at radius 2 is 2.21 bits per heavy atom. The molecule has 1 atom stereocenters. The topological polar surface area (TPSA) is 49.5 Å². The van der Waals surface area contributed by atoms with Crippen molar-refractivity contribution in [2.75, 3.05) is 24.6 Å². The summed E-state index contributed by atoms with van der Waals surface area (Å²) < 4.78 is 13.3. The Bertz CT molecular complexity index is 434. The molecule has 0 bridgehead atoms. The first-order valence-corrected chi connectivity index (χ1v) is 6.95. The lowest BCUT2D eigenvalue weighted by molar-refractivity contribution is 0.197. The third-order valence-electron chi connectivity index (χ3n) is 3.83. The Kier molecular flexibility index (Phi) is 4.42. The SMILES string of the molecule is CC(N)(CO)CCCCN1CCc2ccc(F)cc21. The molecular weight excluding hydrogens is 243 g/mol. The third-order valence-corrected chi connectivity index (χ3v) is 3.83. The maximum atomic E-state index is 13.3. The van der Waals surface area contributed by atoms with Gasteiger partial charge in [-0.3, -0.25) is 0 Å². The van der Waals surface area contributed by atoms with Crippen LogP contribution in [-0.2, 0) is 6.42 Å². The normalized spacial score (nSPS) is 17.4. The first-order valence-electron chi connectivity index (χ1n) is 6.95. The number of fused-ring (bicyclic) bond motifs is 1. The molecule has 19 heavy (non-hydrogen) atoms. The molecule has 1 unspecified atom stereocenters. The van der Waals surface area contributed by atoms with Crippen LogP contribution in [0.25, 0.3) is 0 Å². The largest absolute Gasteiger partial charge is 0.394 e. The lowest BCUT2D eigenvalue weighted by Gasteiger charge is -2.23. The highest BCUT2D eigenvalue weighted by molar-refractivity contribution is 5.58. The summed E-state index contributed by atoms with van der Waals surface area (Å²) in [6.07, 6.45) is 3.81. The van der Waals surface area contributed by atoms with Crippen molar-refractivity contribution in [2.24, 2.45) is 5.73 Å². The molecular formula is C15H23FN2O. The van der Waals surface area contributed by atoms with Gasteiger partial charge in [0.1, 0.15) is 5.82 Å². The summed E-state index contributed by atoms with van der Waals surface area (Å²) in [5.41, 5.74) is 7.69. The number of anilines is 1. The molecule has 3 N–H and O–H groups in total. The first kappa shape index (κ1) is 14.3. The lowest BCUT2D eigenvalue weighted by atomic mass is 9.97. The van der Waals surface area contributed by atoms with Crippen LogP contribution in [0.15, 0.2) is 18.2 Å². The minimum Gasteiger partial charge on any atom is -0.394 e. The molecule has 0 saturated carbocycles. The predicted octanol–water partition coefficient (Wildman–Crippen LogP) is 2.07. The second-order valence-electron chi connectivity index (χ2n) is 5.78. The Hall–Kier alpha value is -1.13. The highest BCUT2D eigenvalue weighted by Gasteiger charge is 2.20. The number of aliphatic hydroxyl groups is 1. The molecule has 1 aliphatic heterocycles. The number of rotatable bonds is 6. The van der Waals surface area contributed by atoms with Gasteiger partial charge in [-0.1, -0.05) is 6.07 Å². The molecule has 106 valence electrons. The van der Waals surface area contributed by atoms with E-state index in [0.29, 0.717) is 0 Å². The van der Waals surface area contributed by atoms with Crippen LogP contribution < -0.4 is 10.6 Å². The monoisotopic (exact) mass is 266 g/mol. The number of hydrogen-bond acceptors (Lipinski definition) is 3. The zero-order valence-corrected chi connectivity index (χ0v) is 11.5. The van der Waals surface area contributed by atoms with Crippen molar-refractivity contribution in [3.63, 3.8) is 0 Å². The van der Waals surface area contributed by atoms with Crippen molar-refractivity contribution in [3.05, 3.63) is 29.6 Å². The van der Waals surface area contributed by atoms with Crippen molar-refractivity contribution in [1.82, 2.24) is 0 Å². The summed E-state index contributed by atoms with van der Waals surface area (Å²) in [7, 11) is 0. The van der Waals surface area contributed by atoms with Gasteiger partial charge in [0.25, 0.3) is 0 Å². The van der Waals surface area contributed by atoms with E-state index in [1.54, 1.807) is 6.07 Å². The van der Waals surface area contributed by atoms with Gasteiger partial charge in [0.05, 0.1) is 6.61 Å². The molecule has 0 aromatic heterocycles. The van der Waals surface area contributed by atoms with E-state index in [-0.39, 0.29) is 12.4 Å². The average Bonchev–Trinajstić information content (AvgIpc) is 2.77. The molecule has 3 nitrogen and oxygen atoms in total. The van der Waals surface area contributed by atoms with Gasteiger partial charge in [-0.15, -0.1) is 0 Å². The average molecular weight is 266 g/mol. The van der Waals surface area contributed by atoms with Crippen LogP contribution in [-0.4, -0.2) is 30.3 Å². The van der Waals surface area contributed by atoms with Crippen LogP contribution in [0.5, 0.6) is 0 Å². The van der Waals surface area contributed by atoms with Gasteiger partial charge in [-0.05, 0) is 50.3 Å². The second kappa shape index (κ2) is 5.88. The van der Waals surface area contributed by atoms with Crippen molar-refractivity contribution >= 4 is 5.69 Å². The number of benzene rings is 1. The van der Waals surface area contributed by atoms with Gasteiger partial charge in [0, 0.05) is 24.3 Å². The van der Waals surface area contributed by atoms with Crippen molar-refractivity contribution in [2.45, 2.75) is 38.1 Å². The smallest absolute Gasteiger partial charge is 0.125 e. The molecule has 1 aromatic carbocycles. The minimum absolute atomic E-state index is 0.0186. The fraction of sp³-hybridized carbons (Fsp3) is 0.600. The number of unbranched alkanes of at least 4 members (excludes halogenated alkanes) is 1. The number of nitrogens with two attached hydrogens (primary N) is 1. The summed E-state index contributed by atoms with van der Waals surface area (Å²) in [6, 6.07) is 5.04.